The highest BCUT2D eigenvalue weighted by atomic mass is 32.2. The lowest BCUT2D eigenvalue weighted by Gasteiger charge is -2.12. The van der Waals surface area contributed by atoms with Crippen molar-refractivity contribution in [1.29, 1.82) is 0 Å². The number of carbonyl (C=O) groups excluding carboxylic acids is 1. The lowest BCUT2D eigenvalue weighted by molar-refractivity contribution is 0.0956. The van der Waals surface area contributed by atoms with Crippen LogP contribution in [0.4, 0.5) is 10.1 Å². The van der Waals surface area contributed by atoms with Crippen LogP contribution >= 0.6 is 0 Å². The third-order valence-electron chi connectivity index (χ3n) is 2.48. The summed E-state index contributed by atoms with van der Waals surface area (Å²) in [5, 5.41) is 10.1. The number of benzene rings is 1. The van der Waals surface area contributed by atoms with Gasteiger partial charge in [0.2, 0.25) is 10.0 Å². The van der Waals surface area contributed by atoms with Gasteiger partial charge in [0.1, 0.15) is 5.82 Å². The summed E-state index contributed by atoms with van der Waals surface area (Å²) in [5.74, 6) is -1.45. The molecule has 0 spiro atoms. The fourth-order valence-electron chi connectivity index (χ4n) is 1.55. The highest BCUT2D eigenvalue weighted by molar-refractivity contribution is 7.89. The maximum atomic E-state index is 13.7. The molecule has 0 bridgehead atoms. The molecule has 0 aliphatic carbocycles. The van der Waals surface area contributed by atoms with Crippen molar-refractivity contribution in [3.05, 3.63) is 29.6 Å². The zero-order valence-corrected chi connectivity index (χ0v) is 12.0. The Morgan fingerprint density at radius 2 is 2.05 bits per heavy atom. The molecule has 0 fully saturated rings. The van der Waals surface area contributed by atoms with Gasteiger partial charge >= 0.3 is 0 Å². The van der Waals surface area contributed by atoms with E-state index >= 15 is 0 Å². The zero-order valence-electron chi connectivity index (χ0n) is 11.1. The molecule has 1 aromatic rings. The minimum absolute atomic E-state index is 0.113. The van der Waals surface area contributed by atoms with Gasteiger partial charge in [0.05, 0.1) is 17.0 Å². The Bertz CT molecular complexity index is 575. The Balaban J connectivity index is 2.79. The molecule has 0 aliphatic rings. The number of carbonyl (C=O) groups is 1. The molecule has 0 aromatic heterocycles. The summed E-state index contributed by atoms with van der Waals surface area (Å²) < 4.78 is 35.2. The largest absolute Gasteiger partial charge is 0.382 e. The Morgan fingerprint density at radius 1 is 1.35 bits per heavy atom. The lowest BCUT2D eigenvalue weighted by Crippen LogP contribution is -2.32. The van der Waals surface area contributed by atoms with Crippen LogP contribution in [0.5, 0.6) is 0 Å². The fourth-order valence-corrected chi connectivity index (χ4v) is 1.93. The van der Waals surface area contributed by atoms with Crippen molar-refractivity contribution >= 4 is 21.6 Å². The van der Waals surface area contributed by atoms with E-state index in [-0.39, 0.29) is 23.5 Å². The fraction of sp³-hybridized carbons (Fsp3) is 0.417. The summed E-state index contributed by atoms with van der Waals surface area (Å²) in [7, 11) is -3.64. The van der Waals surface area contributed by atoms with Crippen LogP contribution in [0.2, 0.25) is 0 Å². The van der Waals surface area contributed by atoms with Crippen molar-refractivity contribution in [1.82, 2.24) is 5.32 Å². The number of primary sulfonamides is 1. The van der Waals surface area contributed by atoms with Crippen LogP contribution in [-0.4, -0.2) is 33.2 Å². The van der Waals surface area contributed by atoms with Gasteiger partial charge in [-0.25, -0.2) is 17.9 Å². The number of para-hydroxylation sites is 1. The Hall–Kier alpha value is -1.67. The molecule has 112 valence electrons. The van der Waals surface area contributed by atoms with Crippen molar-refractivity contribution in [2.24, 2.45) is 5.14 Å². The second-order valence-electron chi connectivity index (χ2n) is 4.21. The van der Waals surface area contributed by atoms with Gasteiger partial charge in [-0.15, -0.1) is 0 Å². The first-order chi connectivity index (χ1) is 9.35. The van der Waals surface area contributed by atoms with Crippen LogP contribution in [0, 0.1) is 5.82 Å². The van der Waals surface area contributed by atoms with Gasteiger partial charge < -0.3 is 10.6 Å². The average molecular weight is 303 g/mol. The summed E-state index contributed by atoms with van der Waals surface area (Å²) in [5.41, 5.74) is 0.246. The van der Waals surface area contributed by atoms with E-state index < -0.39 is 21.7 Å². The van der Waals surface area contributed by atoms with Gasteiger partial charge in [-0.1, -0.05) is 13.0 Å². The summed E-state index contributed by atoms with van der Waals surface area (Å²) >= 11 is 0. The van der Waals surface area contributed by atoms with Gasteiger partial charge in [-0.05, 0) is 18.6 Å². The van der Waals surface area contributed by atoms with Crippen LogP contribution in [0.25, 0.3) is 0 Å². The highest BCUT2D eigenvalue weighted by Crippen LogP contribution is 2.19. The molecule has 0 heterocycles. The first kappa shape index (κ1) is 16.4. The number of sulfonamides is 1. The number of rotatable bonds is 7. The number of nitrogens with two attached hydrogens (primary N) is 1. The standard InChI is InChI=1S/C12H18FN3O3S/c1-2-6-15-11-9(4-3-5-10(11)13)12(17)16-7-8-20(14,18)19/h3-5,15H,2,6-8H2,1H3,(H,16,17)(H2,14,18,19). The number of nitrogens with one attached hydrogen (secondary N) is 2. The van der Waals surface area contributed by atoms with Gasteiger partial charge in [-0.2, -0.15) is 0 Å². The monoisotopic (exact) mass is 303 g/mol. The molecule has 4 N–H and O–H groups in total. The molecule has 1 rings (SSSR count). The van der Waals surface area contributed by atoms with E-state index in [4.69, 9.17) is 5.14 Å². The predicted octanol–water partition coefficient (Wildman–Crippen LogP) is 0.666. The number of anilines is 1. The molecular weight excluding hydrogens is 285 g/mol. The maximum absolute atomic E-state index is 13.7. The van der Waals surface area contributed by atoms with Gasteiger partial charge in [0.15, 0.2) is 0 Å². The molecule has 6 nitrogen and oxygen atoms in total. The third-order valence-corrected chi connectivity index (χ3v) is 3.26. The molecule has 1 aromatic carbocycles. The van der Waals surface area contributed by atoms with Crippen LogP contribution in [0.3, 0.4) is 0 Å². The average Bonchev–Trinajstić information content (AvgIpc) is 2.35. The molecule has 0 atom stereocenters. The minimum atomic E-state index is -3.64. The summed E-state index contributed by atoms with van der Waals surface area (Å²) in [6.45, 7) is 2.32. The second kappa shape index (κ2) is 7.20. The van der Waals surface area contributed by atoms with Crippen molar-refractivity contribution in [3.63, 3.8) is 0 Å². The molecule has 0 unspecified atom stereocenters. The zero-order chi connectivity index (χ0) is 15.2. The molecular formula is C12H18FN3O3S. The van der Waals surface area contributed by atoms with Gasteiger partial charge in [-0.3, -0.25) is 4.79 Å². The number of hydrogen-bond donors (Lipinski definition) is 3. The smallest absolute Gasteiger partial charge is 0.253 e. The number of hydrogen-bond acceptors (Lipinski definition) is 4. The minimum Gasteiger partial charge on any atom is -0.382 e. The van der Waals surface area contributed by atoms with E-state index in [1.54, 1.807) is 0 Å². The van der Waals surface area contributed by atoms with Crippen molar-refractivity contribution < 1.29 is 17.6 Å². The van der Waals surface area contributed by atoms with Gasteiger partial charge in [0, 0.05) is 13.1 Å². The number of halogens is 1. The predicted molar refractivity (Wildman–Crippen MR) is 75.5 cm³/mol. The van der Waals surface area contributed by atoms with Crippen LogP contribution in [0.1, 0.15) is 23.7 Å². The molecule has 0 saturated carbocycles. The first-order valence-corrected chi connectivity index (χ1v) is 7.87. The molecule has 8 heteroatoms. The van der Waals surface area contributed by atoms with Crippen LogP contribution in [0.15, 0.2) is 18.2 Å². The SMILES string of the molecule is CCCNc1c(F)cccc1C(=O)NCCS(N)(=O)=O. The van der Waals surface area contributed by atoms with Gasteiger partial charge in [0.25, 0.3) is 5.91 Å². The summed E-state index contributed by atoms with van der Waals surface area (Å²) in [4.78, 5) is 11.9. The lowest BCUT2D eigenvalue weighted by atomic mass is 10.1. The summed E-state index contributed by atoms with van der Waals surface area (Å²) in [6.07, 6.45) is 0.779. The third kappa shape index (κ3) is 5.14. The Morgan fingerprint density at radius 3 is 2.65 bits per heavy atom. The van der Waals surface area contributed by atoms with E-state index in [0.29, 0.717) is 6.54 Å². The van der Waals surface area contributed by atoms with E-state index in [1.165, 1.54) is 18.2 Å². The number of amides is 1. The van der Waals surface area contributed by atoms with E-state index in [1.807, 2.05) is 6.92 Å². The molecule has 1 amide bonds. The molecule has 20 heavy (non-hydrogen) atoms. The van der Waals surface area contributed by atoms with E-state index in [0.717, 1.165) is 6.42 Å². The van der Waals surface area contributed by atoms with E-state index in [2.05, 4.69) is 10.6 Å². The molecule has 0 aliphatic heterocycles. The Labute approximate surface area is 117 Å². The molecule has 0 radical (unpaired) electrons. The van der Waals surface area contributed by atoms with Crippen LogP contribution in [-0.2, 0) is 10.0 Å². The Kier molecular flexibility index (Phi) is 5.90. The normalized spacial score (nSPS) is 11.2. The van der Waals surface area contributed by atoms with Crippen molar-refractivity contribution in [2.75, 3.05) is 24.2 Å². The van der Waals surface area contributed by atoms with E-state index in [9.17, 15) is 17.6 Å². The van der Waals surface area contributed by atoms with Crippen molar-refractivity contribution in [3.8, 4) is 0 Å². The summed E-state index contributed by atoms with van der Waals surface area (Å²) in [6, 6.07) is 4.13. The maximum Gasteiger partial charge on any atom is 0.253 e. The quantitative estimate of drug-likeness (QED) is 0.689. The first-order valence-electron chi connectivity index (χ1n) is 6.16. The topological polar surface area (TPSA) is 101 Å². The van der Waals surface area contributed by atoms with Crippen molar-refractivity contribution in [2.45, 2.75) is 13.3 Å². The highest BCUT2D eigenvalue weighted by Gasteiger charge is 2.15. The second-order valence-corrected chi connectivity index (χ2v) is 5.95. The molecule has 0 saturated heterocycles. The van der Waals surface area contributed by atoms with Crippen LogP contribution < -0.4 is 15.8 Å².